The lowest BCUT2D eigenvalue weighted by molar-refractivity contribution is 0.416. The number of nitriles is 1. The molecule has 1 aromatic carbocycles. The number of aryl methyl sites for hydroxylation is 1. The third kappa shape index (κ3) is 2.26. The van der Waals surface area contributed by atoms with Gasteiger partial charge in [0.25, 0.3) is 0 Å². The van der Waals surface area contributed by atoms with Gasteiger partial charge in [0.15, 0.2) is 0 Å². The van der Waals surface area contributed by atoms with Crippen molar-refractivity contribution in [2.45, 2.75) is 6.92 Å². The Morgan fingerprint density at radius 3 is 2.82 bits per heavy atom. The summed E-state index contributed by atoms with van der Waals surface area (Å²) in [5.74, 6) is 0.702. The fourth-order valence-corrected chi connectivity index (χ4v) is 2.52. The number of hydrogen-bond acceptors (Lipinski definition) is 4. The van der Waals surface area contributed by atoms with Gasteiger partial charge in [0.1, 0.15) is 21.7 Å². The van der Waals surface area contributed by atoms with Crippen LogP contribution in [0.25, 0.3) is 10.6 Å². The molecule has 0 N–H and O–H groups in total. The summed E-state index contributed by atoms with van der Waals surface area (Å²) in [7, 11) is 1.60. The summed E-state index contributed by atoms with van der Waals surface area (Å²) < 4.78 is 5.26. The number of rotatable bonds is 2. The molecule has 1 aromatic heterocycles. The molecule has 0 saturated heterocycles. The van der Waals surface area contributed by atoms with Gasteiger partial charge >= 0.3 is 0 Å². The molecule has 3 nitrogen and oxygen atoms in total. The third-order valence-electron chi connectivity index (χ3n) is 2.29. The van der Waals surface area contributed by atoms with E-state index in [9.17, 15) is 0 Å². The molecular weight excluding hydrogens is 256 g/mol. The molecule has 2 aromatic rings. The van der Waals surface area contributed by atoms with Crippen LogP contribution in [0.1, 0.15) is 10.6 Å². The second kappa shape index (κ2) is 4.74. The van der Waals surface area contributed by atoms with Crippen LogP contribution < -0.4 is 4.74 Å². The molecular formula is C12H9ClN2OS. The highest BCUT2D eigenvalue weighted by Gasteiger charge is 2.13. The Labute approximate surface area is 108 Å². The fourth-order valence-electron chi connectivity index (χ4n) is 1.46. The number of hydrogen-bond donors (Lipinski definition) is 0. The first-order chi connectivity index (χ1) is 8.15. The smallest absolute Gasteiger partial charge is 0.129 e. The van der Waals surface area contributed by atoms with Crippen molar-refractivity contribution < 1.29 is 4.74 Å². The number of thiazole rings is 1. The first kappa shape index (κ1) is 11.9. The van der Waals surface area contributed by atoms with Crippen molar-refractivity contribution in [2.75, 3.05) is 7.11 Å². The highest BCUT2D eigenvalue weighted by molar-refractivity contribution is 7.15. The molecule has 0 unspecified atom stereocenters. The Hall–Kier alpha value is -1.57. The van der Waals surface area contributed by atoms with E-state index in [4.69, 9.17) is 21.6 Å². The number of methoxy groups -OCH3 is 1. The lowest BCUT2D eigenvalue weighted by Gasteiger charge is -2.05. The second-order valence-electron chi connectivity index (χ2n) is 3.39. The standard InChI is InChI=1S/C12H9ClN2OS/c1-7-11(6-14)17-12(15-7)9-5-8(13)3-4-10(9)16-2/h3-5H,1-2H3. The molecule has 0 aliphatic carbocycles. The Kier molecular flexibility index (Phi) is 3.32. The zero-order valence-electron chi connectivity index (χ0n) is 9.32. The molecule has 17 heavy (non-hydrogen) atoms. The number of ether oxygens (including phenoxy) is 1. The van der Waals surface area contributed by atoms with Crippen LogP contribution in [0, 0.1) is 18.3 Å². The molecule has 0 atom stereocenters. The van der Waals surface area contributed by atoms with Gasteiger partial charge < -0.3 is 4.74 Å². The van der Waals surface area contributed by atoms with Crippen molar-refractivity contribution in [3.63, 3.8) is 0 Å². The number of nitrogens with zero attached hydrogens (tertiary/aromatic N) is 2. The fraction of sp³-hybridized carbons (Fsp3) is 0.167. The summed E-state index contributed by atoms with van der Waals surface area (Å²) in [4.78, 5) is 4.97. The zero-order chi connectivity index (χ0) is 12.4. The van der Waals surface area contributed by atoms with E-state index in [1.807, 2.05) is 6.92 Å². The van der Waals surface area contributed by atoms with Crippen LogP contribution in [0.5, 0.6) is 5.75 Å². The quantitative estimate of drug-likeness (QED) is 0.832. The normalized spacial score (nSPS) is 10.0. The summed E-state index contributed by atoms with van der Waals surface area (Å²) in [6, 6.07) is 7.46. The maximum atomic E-state index is 8.92. The summed E-state index contributed by atoms with van der Waals surface area (Å²) >= 11 is 7.30. The summed E-state index contributed by atoms with van der Waals surface area (Å²) in [5, 5.41) is 10.3. The van der Waals surface area contributed by atoms with E-state index >= 15 is 0 Å². The predicted octanol–water partition coefficient (Wildman–Crippen LogP) is 3.65. The Morgan fingerprint density at radius 1 is 1.47 bits per heavy atom. The minimum Gasteiger partial charge on any atom is -0.496 e. The van der Waals surface area contributed by atoms with E-state index < -0.39 is 0 Å². The molecule has 86 valence electrons. The van der Waals surface area contributed by atoms with Gasteiger partial charge in [-0.15, -0.1) is 11.3 Å². The first-order valence-corrected chi connectivity index (χ1v) is 6.06. The Balaban J connectivity index is 2.59. The molecule has 0 saturated carbocycles. The van der Waals surface area contributed by atoms with E-state index in [0.717, 1.165) is 16.3 Å². The molecule has 0 radical (unpaired) electrons. The van der Waals surface area contributed by atoms with Gasteiger partial charge in [-0.05, 0) is 25.1 Å². The van der Waals surface area contributed by atoms with Crippen molar-refractivity contribution >= 4 is 22.9 Å². The van der Waals surface area contributed by atoms with Gasteiger partial charge in [0.05, 0.1) is 18.4 Å². The van der Waals surface area contributed by atoms with Crippen molar-refractivity contribution in [1.29, 1.82) is 5.26 Å². The largest absolute Gasteiger partial charge is 0.496 e. The maximum absolute atomic E-state index is 8.92. The topological polar surface area (TPSA) is 45.9 Å². The average molecular weight is 265 g/mol. The second-order valence-corrected chi connectivity index (χ2v) is 4.83. The van der Waals surface area contributed by atoms with Gasteiger partial charge in [-0.1, -0.05) is 11.6 Å². The number of aromatic nitrogens is 1. The highest BCUT2D eigenvalue weighted by Crippen LogP contribution is 2.35. The van der Waals surface area contributed by atoms with Crippen molar-refractivity contribution in [3.8, 4) is 22.4 Å². The van der Waals surface area contributed by atoms with E-state index in [-0.39, 0.29) is 0 Å². The van der Waals surface area contributed by atoms with Gasteiger partial charge in [-0.2, -0.15) is 5.26 Å². The zero-order valence-corrected chi connectivity index (χ0v) is 10.9. The minimum absolute atomic E-state index is 0.613. The van der Waals surface area contributed by atoms with Gasteiger partial charge in [-0.25, -0.2) is 4.98 Å². The predicted molar refractivity (Wildman–Crippen MR) is 68.6 cm³/mol. The van der Waals surface area contributed by atoms with Crippen LogP contribution in [-0.2, 0) is 0 Å². The van der Waals surface area contributed by atoms with E-state index in [2.05, 4.69) is 11.1 Å². The first-order valence-electron chi connectivity index (χ1n) is 4.87. The molecule has 1 heterocycles. The lowest BCUT2D eigenvalue weighted by Crippen LogP contribution is -1.87. The van der Waals surface area contributed by atoms with Gasteiger partial charge in [0, 0.05) is 5.02 Å². The summed E-state index contributed by atoms with van der Waals surface area (Å²) in [6.07, 6.45) is 0. The molecule has 0 spiro atoms. The van der Waals surface area contributed by atoms with Crippen LogP contribution in [0.2, 0.25) is 5.02 Å². The van der Waals surface area contributed by atoms with Crippen LogP contribution in [0.3, 0.4) is 0 Å². The van der Waals surface area contributed by atoms with E-state index in [1.54, 1.807) is 25.3 Å². The summed E-state index contributed by atoms with van der Waals surface area (Å²) in [6.45, 7) is 1.82. The molecule has 2 rings (SSSR count). The lowest BCUT2D eigenvalue weighted by atomic mass is 10.2. The Morgan fingerprint density at radius 2 is 2.24 bits per heavy atom. The van der Waals surface area contributed by atoms with Gasteiger partial charge in [-0.3, -0.25) is 0 Å². The van der Waals surface area contributed by atoms with Crippen LogP contribution >= 0.6 is 22.9 Å². The van der Waals surface area contributed by atoms with Gasteiger partial charge in [0.2, 0.25) is 0 Å². The molecule has 0 aliphatic heterocycles. The van der Waals surface area contributed by atoms with Crippen molar-refractivity contribution in [2.24, 2.45) is 0 Å². The maximum Gasteiger partial charge on any atom is 0.129 e. The average Bonchev–Trinajstić information content (AvgIpc) is 2.70. The van der Waals surface area contributed by atoms with Crippen molar-refractivity contribution in [3.05, 3.63) is 33.8 Å². The minimum atomic E-state index is 0.613. The monoisotopic (exact) mass is 264 g/mol. The molecule has 0 aliphatic rings. The van der Waals surface area contributed by atoms with E-state index in [1.165, 1.54) is 11.3 Å². The molecule has 0 bridgehead atoms. The van der Waals surface area contributed by atoms with Crippen LogP contribution in [0.15, 0.2) is 18.2 Å². The van der Waals surface area contributed by atoms with Crippen LogP contribution in [0.4, 0.5) is 0 Å². The molecule has 5 heteroatoms. The van der Waals surface area contributed by atoms with Crippen LogP contribution in [-0.4, -0.2) is 12.1 Å². The number of halogens is 1. The van der Waals surface area contributed by atoms with Crippen molar-refractivity contribution in [1.82, 2.24) is 4.98 Å². The summed E-state index contributed by atoms with van der Waals surface area (Å²) in [5.41, 5.74) is 1.55. The SMILES string of the molecule is COc1ccc(Cl)cc1-c1nc(C)c(C#N)s1. The molecule has 0 fully saturated rings. The molecule has 0 amide bonds. The Bertz CT molecular complexity index is 601. The highest BCUT2D eigenvalue weighted by atomic mass is 35.5. The third-order valence-corrected chi connectivity index (χ3v) is 3.62. The number of benzene rings is 1. The van der Waals surface area contributed by atoms with E-state index in [0.29, 0.717) is 15.6 Å².